The number of carbonyl (C=O) groups excluding carboxylic acids is 1. The first-order chi connectivity index (χ1) is 7.40. The van der Waals surface area contributed by atoms with E-state index in [0.29, 0.717) is 0 Å². The molecule has 0 fully saturated rings. The number of ketones is 1. The molecule has 0 spiro atoms. The number of benzene rings is 1. The third kappa shape index (κ3) is 2.75. The second-order valence-corrected chi connectivity index (χ2v) is 3.53. The van der Waals surface area contributed by atoms with Crippen LogP contribution in [0.3, 0.4) is 0 Å². The number of halogens is 4. The molecule has 0 heterocycles. The van der Waals surface area contributed by atoms with Gasteiger partial charge in [0, 0.05) is 0 Å². The fourth-order valence-corrected chi connectivity index (χ4v) is 1.47. The summed E-state index contributed by atoms with van der Waals surface area (Å²) in [6.45, 7) is 0. The van der Waals surface area contributed by atoms with E-state index in [4.69, 9.17) is 4.74 Å². The number of hydrogen-bond donors (Lipinski definition) is 0. The monoisotopic (exact) mass is 296 g/mol. The van der Waals surface area contributed by atoms with E-state index in [2.05, 4.69) is 15.9 Å². The SMILES string of the molecule is COc1cc(C(F)(F)F)ccc1C(=O)CBr. The molecule has 0 aromatic heterocycles. The number of Topliss-reactive ketones (excluding diaryl/α,β-unsaturated/α-hetero) is 1. The van der Waals surface area contributed by atoms with Gasteiger partial charge in [0.1, 0.15) is 5.75 Å². The first kappa shape index (κ1) is 13.0. The normalized spacial score (nSPS) is 11.3. The van der Waals surface area contributed by atoms with Crippen molar-refractivity contribution in [1.29, 1.82) is 0 Å². The van der Waals surface area contributed by atoms with Crippen LogP contribution in [-0.4, -0.2) is 18.2 Å². The van der Waals surface area contributed by atoms with Crippen LogP contribution in [0, 0.1) is 0 Å². The Morgan fingerprint density at radius 2 is 2.06 bits per heavy atom. The largest absolute Gasteiger partial charge is 0.496 e. The fourth-order valence-electron chi connectivity index (χ4n) is 1.17. The van der Waals surface area contributed by atoms with Crippen LogP contribution < -0.4 is 4.74 Å². The minimum absolute atomic E-state index is 0.0364. The molecule has 0 bridgehead atoms. The maximum atomic E-state index is 12.4. The maximum Gasteiger partial charge on any atom is 0.416 e. The predicted octanol–water partition coefficient (Wildman–Crippen LogP) is 3.29. The van der Waals surface area contributed by atoms with Crippen LogP contribution in [0.2, 0.25) is 0 Å². The molecule has 0 aliphatic heterocycles. The van der Waals surface area contributed by atoms with Gasteiger partial charge in [0.05, 0.1) is 23.6 Å². The van der Waals surface area contributed by atoms with E-state index in [9.17, 15) is 18.0 Å². The molecule has 88 valence electrons. The van der Waals surface area contributed by atoms with Gasteiger partial charge in [-0.05, 0) is 18.2 Å². The lowest BCUT2D eigenvalue weighted by Gasteiger charge is -2.11. The Labute approximate surface area is 98.5 Å². The molecule has 0 atom stereocenters. The van der Waals surface area contributed by atoms with Gasteiger partial charge in [-0.3, -0.25) is 4.79 Å². The number of hydrogen-bond acceptors (Lipinski definition) is 2. The van der Waals surface area contributed by atoms with Crippen LogP contribution in [0.4, 0.5) is 13.2 Å². The lowest BCUT2D eigenvalue weighted by atomic mass is 10.1. The minimum atomic E-state index is -4.44. The lowest BCUT2D eigenvalue weighted by Crippen LogP contribution is -2.08. The average molecular weight is 297 g/mol. The second-order valence-electron chi connectivity index (χ2n) is 2.97. The molecule has 0 unspecified atom stereocenters. The molecule has 2 nitrogen and oxygen atoms in total. The Hall–Kier alpha value is -1.04. The van der Waals surface area contributed by atoms with Gasteiger partial charge in [0.25, 0.3) is 0 Å². The van der Waals surface area contributed by atoms with Gasteiger partial charge in [-0.1, -0.05) is 15.9 Å². The van der Waals surface area contributed by atoms with Gasteiger partial charge in [-0.2, -0.15) is 13.2 Å². The van der Waals surface area contributed by atoms with Crippen molar-refractivity contribution in [2.75, 3.05) is 12.4 Å². The molecule has 0 saturated carbocycles. The van der Waals surface area contributed by atoms with E-state index in [1.807, 2.05) is 0 Å². The minimum Gasteiger partial charge on any atom is -0.496 e. The molecule has 0 saturated heterocycles. The molecule has 16 heavy (non-hydrogen) atoms. The highest BCUT2D eigenvalue weighted by atomic mass is 79.9. The number of alkyl halides is 4. The number of rotatable bonds is 3. The second kappa shape index (κ2) is 4.86. The van der Waals surface area contributed by atoms with Crippen LogP contribution in [-0.2, 0) is 6.18 Å². The van der Waals surface area contributed by atoms with Crippen molar-refractivity contribution in [3.8, 4) is 5.75 Å². The van der Waals surface area contributed by atoms with Gasteiger partial charge in [-0.15, -0.1) is 0 Å². The van der Waals surface area contributed by atoms with E-state index in [1.54, 1.807) is 0 Å². The van der Waals surface area contributed by atoms with Crippen molar-refractivity contribution in [1.82, 2.24) is 0 Å². The summed E-state index contributed by atoms with van der Waals surface area (Å²) in [5, 5.41) is 0.0364. The van der Waals surface area contributed by atoms with E-state index in [0.717, 1.165) is 18.2 Å². The number of ether oxygens (including phenoxy) is 1. The fraction of sp³-hybridized carbons (Fsp3) is 0.300. The molecule has 1 rings (SSSR count). The zero-order valence-electron chi connectivity index (χ0n) is 8.27. The van der Waals surface area contributed by atoms with Crippen molar-refractivity contribution in [2.24, 2.45) is 0 Å². The van der Waals surface area contributed by atoms with Crippen LogP contribution in [0.15, 0.2) is 18.2 Å². The molecular formula is C10H8BrF3O2. The summed E-state index contributed by atoms with van der Waals surface area (Å²) in [4.78, 5) is 11.3. The topological polar surface area (TPSA) is 26.3 Å². The van der Waals surface area contributed by atoms with Gasteiger partial charge in [-0.25, -0.2) is 0 Å². The molecule has 1 aromatic carbocycles. The zero-order chi connectivity index (χ0) is 12.3. The highest BCUT2D eigenvalue weighted by Crippen LogP contribution is 2.33. The summed E-state index contributed by atoms with van der Waals surface area (Å²) in [6, 6.07) is 2.79. The Kier molecular flexibility index (Phi) is 3.96. The highest BCUT2D eigenvalue weighted by molar-refractivity contribution is 9.09. The maximum absolute atomic E-state index is 12.4. The summed E-state index contributed by atoms with van der Waals surface area (Å²) in [5.41, 5.74) is -0.706. The van der Waals surface area contributed by atoms with Crippen molar-refractivity contribution in [3.05, 3.63) is 29.3 Å². The van der Waals surface area contributed by atoms with E-state index in [-0.39, 0.29) is 22.4 Å². The quantitative estimate of drug-likeness (QED) is 0.632. The molecule has 0 radical (unpaired) electrons. The molecular weight excluding hydrogens is 289 g/mol. The van der Waals surface area contributed by atoms with Crippen LogP contribution in [0.25, 0.3) is 0 Å². The average Bonchev–Trinajstić information content (AvgIpc) is 2.26. The molecule has 6 heteroatoms. The summed E-state index contributed by atoms with van der Waals surface area (Å²) in [5.74, 6) is -0.398. The third-order valence-electron chi connectivity index (χ3n) is 1.95. The van der Waals surface area contributed by atoms with Crippen LogP contribution >= 0.6 is 15.9 Å². The first-order valence-electron chi connectivity index (χ1n) is 4.24. The van der Waals surface area contributed by atoms with E-state index in [1.165, 1.54) is 7.11 Å². The number of carbonyl (C=O) groups is 1. The van der Waals surface area contributed by atoms with Gasteiger partial charge in [0.15, 0.2) is 5.78 Å². The predicted molar refractivity (Wildman–Crippen MR) is 56.1 cm³/mol. The van der Waals surface area contributed by atoms with Crippen molar-refractivity contribution in [3.63, 3.8) is 0 Å². The molecule has 0 N–H and O–H groups in total. The van der Waals surface area contributed by atoms with Crippen LogP contribution in [0.5, 0.6) is 5.75 Å². The molecule has 0 aliphatic rings. The zero-order valence-corrected chi connectivity index (χ0v) is 9.85. The number of methoxy groups -OCH3 is 1. The summed E-state index contributed by atoms with van der Waals surface area (Å²) in [6.07, 6.45) is -4.44. The Morgan fingerprint density at radius 3 is 2.50 bits per heavy atom. The van der Waals surface area contributed by atoms with Crippen LogP contribution in [0.1, 0.15) is 15.9 Å². The Morgan fingerprint density at radius 1 is 1.44 bits per heavy atom. The summed E-state index contributed by atoms with van der Waals surface area (Å²) < 4.78 is 41.9. The molecule has 0 amide bonds. The summed E-state index contributed by atoms with van der Waals surface area (Å²) >= 11 is 2.95. The van der Waals surface area contributed by atoms with Gasteiger partial charge < -0.3 is 4.74 Å². The smallest absolute Gasteiger partial charge is 0.416 e. The lowest BCUT2D eigenvalue weighted by molar-refractivity contribution is -0.137. The summed E-state index contributed by atoms with van der Waals surface area (Å²) in [7, 11) is 1.22. The third-order valence-corrected chi connectivity index (χ3v) is 2.46. The molecule has 0 aliphatic carbocycles. The van der Waals surface area contributed by atoms with E-state index < -0.39 is 11.7 Å². The Bertz CT molecular complexity index is 402. The van der Waals surface area contributed by atoms with Gasteiger partial charge >= 0.3 is 6.18 Å². The van der Waals surface area contributed by atoms with Gasteiger partial charge in [0.2, 0.25) is 0 Å². The van der Waals surface area contributed by atoms with Crippen molar-refractivity contribution < 1.29 is 22.7 Å². The first-order valence-corrected chi connectivity index (χ1v) is 5.36. The standard InChI is InChI=1S/C10H8BrF3O2/c1-16-9-4-6(10(12,13)14)2-3-7(9)8(15)5-11/h2-4H,5H2,1H3. The van der Waals surface area contributed by atoms with Crippen molar-refractivity contribution >= 4 is 21.7 Å². The van der Waals surface area contributed by atoms with Crippen molar-refractivity contribution in [2.45, 2.75) is 6.18 Å². The highest BCUT2D eigenvalue weighted by Gasteiger charge is 2.31. The Balaban J connectivity index is 3.22. The molecule has 1 aromatic rings. The van der Waals surface area contributed by atoms with E-state index >= 15 is 0 Å².